The second-order valence-electron chi connectivity index (χ2n) is 6.73. The molecular weight excluding hydrogens is 316 g/mol. The van der Waals surface area contributed by atoms with E-state index in [9.17, 15) is 14.7 Å². The summed E-state index contributed by atoms with van der Waals surface area (Å²) in [5.41, 5.74) is 1.01. The van der Waals surface area contributed by atoms with E-state index in [1.54, 1.807) is 18.2 Å². The number of carboxylic acids is 1. The van der Waals surface area contributed by atoms with Gasteiger partial charge in [0.25, 0.3) is 0 Å². The summed E-state index contributed by atoms with van der Waals surface area (Å²) < 4.78 is 0. The van der Waals surface area contributed by atoms with E-state index in [4.69, 9.17) is 11.6 Å². The van der Waals surface area contributed by atoms with Gasteiger partial charge in [-0.05, 0) is 49.4 Å². The summed E-state index contributed by atoms with van der Waals surface area (Å²) in [6.07, 6.45) is 2.64. The number of benzene rings is 1. The van der Waals surface area contributed by atoms with Gasteiger partial charge in [0.05, 0.1) is 12.0 Å². The first kappa shape index (κ1) is 16.3. The molecule has 0 unspecified atom stereocenters. The van der Waals surface area contributed by atoms with Crippen molar-refractivity contribution in [3.8, 4) is 0 Å². The normalized spacial score (nSPS) is 27.0. The van der Waals surface area contributed by atoms with Gasteiger partial charge >= 0.3 is 5.97 Å². The number of aryl methyl sites for hydroxylation is 1. The number of likely N-dealkylation sites (tertiary alicyclic amines) is 1. The number of carboxylic acid groups (broad SMARTS) is 1. The van der Waals surface area contributed by atoms with E-state index in [1.165, 1.54) is 0 Å². The van der Waals surface area contributed by atoms with Crippen molar-refractivity contribution in [2.45, 2.75) is 26.2 Å². The summed E-state index contributed by atoms with van der Waals surface area (Å²) in [4.78, 5) is 25.9. The third kappa shape index (κ3) is 3.08. The number of hydrogen-bond acceptors (Lipinski definition) is 3. The highest BCUT2D eigenvalue weighted by atomic mass is 35.5. The van der Waals surface area contributed by atoms with Crippen LogP contribution in [0.2, 0.25) is 5.02 Å². The van der Waals surface area contributed by atoms with Crippen molar-refractivity contribution in [1.82, 2.24) is 4.90 Å². The number of carbonyl (C=O) groups is 2. The van der Waals surface area contributed by atoms with Crippen LogP contribution < -0.4 is 5.32 Å². The van der Waals surface area contributed by atoms with E-state index in [0.29, 0.717) is 18.1 Å². The molecule has 124 valence electrons. The summed E-state index contributed by atoms with van der Waals surface area (Å²) in [7, 11) is 0. The molecular formula is C17H21ClN2O3. The van der Waals surface area contributed by atoms with Crippen LogP contribution in [-0.2, 0) is 9.59 Å². The molecule has 0 bridgehead atoms. The SMILES string of the molecule is Cc1cc(Cl)ccc1NC(=O)CN1C[C@@H]2CCC[C@@]2(C(=O)O)C1. The highest BCUT2D eigenvalue weighted by Gasteiger charge is 2.54. The van der Waals surface area contributed by atoms with Crippen molar-refractivity contribution < 1.29 is 14.7 Å². The molecule has 2 N–H and O–H groups in total. The number of nitrogens with zero attached hydrogens (tertiary/aromatic N) is 1. The van der Waals surface area contributed by atoms with Gasteiger partial charge in [-0.15, -0.1) is 0 Å². The largest absolute Gasteiger partial charge is 0.481 e. The molecule has 1 amide bonds. The molecule has 1 aromatic carbocycles. The first-order valence-corrected chi connectivity index (χ1v) is 8.30. The summed E-state index contributed by atoms with van der Waals surface area (Å²) in [5.74, 6) is -0.655. The molecule has 5 nitrogen and oxygen atoms in total. The minimum absolute atomic E-state index is 0.115. The number of hydrogen-bond donors (Lipinski definition) is 2. The van der Waals surface area contributed by atoms with Crippen LogP contribution in [0.25, 0.3) is 0 Å². The van der Waals surface area contributed by atoms with Crippen molar-refractivity contribution in [3.05, 3.63) is 28.8 Å². The van der Waals surface area contributed by atoms with Crippen LogP contribution >= 0.6 is 11.6 Å². The second-order valence-corrected chi connectivity index (χ2v) is 7.16. The number of carbonyl (C=O) groups excluding carboxylic acids is 1. The minimum atomic E-state index is -0.712. The number of fused-ring (bicyclic) bond motifs is 1. The van der Waals surface area contributed by atoms with E-state index in [1.807, 2.05) is 11.8 Å². The van der Waals surface area contributed by atoms with Crippen molar-refractivity contribution >= 4 is 29.2 Å². The Labute approximate surface area is 140 Å². The molecule has 3 rings (SSSR count). The van der Waals surface area contributed by atoms with E-state index < -0.39 is 11.4 Å². The molecule has 1 aliphatic heterocycles. The van der Waals surface area contributed by atoms with E-state index in [0.717, 1.165) is 30.5 Å². The Bertz CT molecular complexity index is 649. The maximum atomic E-state index is 12.3. The molecule has 2 aliphatic rings. The Hall–Kier alpha value is -1.59. The van der Waals surface area contributed by atoms with Crippen molar-refractivity contribution in [2.75, 3.05) is 25.0 Å². The lowest BCUT2D eigenvalue weighted by atomic mass is 9.81. The Morgan fingerprint density at radius 3 is 2.91 bits per heavy atom. The number of nitrogens with one attached hydrogen (secondary N) is 1. The molecule has 0 radical (unpaired) electrons. The maximum absolute atomic E-state index is 12.3. The lowest BCUT2D eigenvalue weighted by molar-refractivity contribution is -0.149. The summed E-state index contributed by atoms with van der Waals surface area (Å²) in [6, 6.07) is 5.33. The Balaban J connectivity index is 1.62. The van der Waals surface area contributed by atoms with Crippen molar-refractivity contribution in [2.24, 2.45) is 11.3 Å². The van der Waals surface area contributed by atoms with E-state index >= 15 is 0 Å². The van der Waals surface area contributed by atoms with Crippen LogP contribution in [-0.4, -0.2) is 41.5 Å². The molecule has 1 aromatic rings. The second kappa shape index (κ2) is 6.13. The zero-order valence-corrected chi connectivity index (χ0v) is 13.9. The predicted molar refractivity (Wildman–Crippen MR) is 88.7 cm³/mol. The molecule has 0 spiro atoms. The third-order valence-corrected chi connectivity index (χ3v) is 5.43. The fourth-order valence-electron chi connectivity index (χ4n) is 4.02. The Morgan fingerprint density at radius 2 is 2.26 bits per heavy atom. The number of halogens is 1. The zero-order chi connectivity index (χ0) is 16.6. The molecule has 1 heterocycles. The standard InChI is InChI=1S/C17H21ClN2O3/c1-11-7-13(18)4-5-14(11)19-15(21)9-20-8-12-3-2-6-17(12,10-20)16(22)23/h4-5,7,12H,2-3,6,8-10H2,1H3,(H,19,21)(H,22,23)/t12-,17+/m0/s1. The van der Waals surface area contributed by atoms with Gasteiger partial charge in [0.15, 0.2) is 0 Å². The number of anilines is 1. The van der Waals surface area contributed by atoms with Crippen LogP contribution in [0.4, 0.5) is 5.69 Å². The Kier molecular flexibility index (Phi) is 4.34. The summed E-state index contributed by atoms with van der Waals surface area (Å²) in [6.45, 7) is 3.29. The summed E-state index contributed by atoms with van der Waals surface area (Å²) in [5, 5.41) is 13.1. The monoisotopic (exact) mass is 336 g/mol. The average molecular weight is 337 g/mol. The van der Waals surface area contributed by atoms with Crippen LogP contribution in [0.15, 0.2) is 18.2 Å². The fraction of sp³-hybridized carbons (Fsp3) is 0.529. The molecule has 0 aromatic heterocycles. The van der Waals surface area contributed by atoms with Gasteiger partial charge in [-0.25, -0.2) is 0 Å². The first-order chi connectivity index (χ1) is 10.9. The van der Waals surface area contributed by atoms with E-state index in [2.05, 4.69) is 5.32 Å². The van der Waals surface area contributed by atoms with Crippen molar-refractivity contribution in [3.63, 3.8) is 0 Å². The maximum Gasteiger partial charge on any atom is 0.311 e. The van der Waals surface area contributed by atoms with Gasteiger partial charge in [0.1, 0.15) is 0 Å². The molecule has 2 fully saturated rings. The number of aliphatic carboxylic acids is 1. The van der Waals surface area contributed by atoms with Gasteiger partial charge in [-0.2, -0.15) is 0 Å². The third-order valence-electron chi connectivity index (χ3n) is 5.20. The molecule has 6 heteroatoms. The van der Waals surface area contributed by atoms with Crippen LogP contribution in [0.5, 0.6) is 0 Å². The smallest absolute Gasteiger partial charge is 0.311 e. The number of amides is 1. The molecule has 2 atom stereocenters. The van der Waals surface area contributed by atoms with Gasteiger partial charge in [-0.3, -0.25) is 14.5 Å². The number of rotatable bonds is 4. The quantitative estimate of drug-likeness (QED) is 0.887. The van der Waals surface area contributed by atoms with Gasteiger partial charge in [0, 0.05) is 23.8 Å². The lowest BCUT2D eigenvalue weighted by Gasteiger charge is -2.23. The van der Waals surface area contributed by atoms with E-state index in [-0.39, 0.29) is 18.4 Å². The molecule has 1 aliphatic carbocycles. The van der Waals surface area contributed by atoms with Gasteiger partial charge < -0.3 is 10.4 Å². The minimum Gasteiger partial charge on any atom is -0.481 e. The predicted octanol–water partition coefficient (Wildman–Crippen LogP) is 2.77. The van der Waals surface area contributed by atoms with Crippen molar-refractivity contribution in [1.29, 1.82) is 0 Å². The zero-order valence-electron chi connectivity index (χ0n) is 13.1. The average Bonchev–Trinajstić information content (AvgIpc) is 2.99. The van der Waals surface area contributed by atoms with Gasteiger partial charge in [0.2, 0.25) is 5.91 Å². The lowest BCUT2D eigenvalue weighted by Crippen LogP contribution is -2.37. The van der Waals surface area contributed by atoms with Crippen LogP contribution in [0.1, 0.15) is 24.8 Å². The Morgan fingerprint density at radius 1 is 1.48 bits per heavy atom. The molecule has 23 heavy (non-hydrogen) atoms. The summed E-state index contributed by atoms with van der Waals surface area (Å²) >= 11 is 5.91. The fourth-order valence-corrected chi connectivity index (χ4v) is 4.25. The van der Waals surface area contributed by atoms with Crippen LogP contribution in [0, 0.1) is 18.3 Å². The first-order valence-electron chi connectivity index (χ1n) is 7.92. The van der Waals surface area contributed by atoms with Crippen LogP contribution in [0.3, 0.4) is 0 Å². The molecule has 1 saturated heterocycles. The highest BCUT2D eigenvalue weighted by molar-refractivity contribution is 6.30. The van der Waals surface area contributed by atoms with Gasteiger partial charge in [-0.1, -0.05) is 18.0 Å². The highest BCUT2D eigenvalue weighted by Crippen LogP contribution is 2.48. The molecule has 1 saturated carbocycles. The topological polar surface area (TPSA) is 69.6 Å².